The van der Waals surface area contributed by atoms with Gasteiger partial charge in [0.2, 0.25) is 0 Å². The fourth-order valence-electron chi connectivity index (χ4n) is 4.14. The van der Waals surface area contributed by atoms with Crippen LogP contribution in [-0.4, -0.2) is 9.13 Å². The van der Waals surface area contributed by atoms with E-state index in [0.717, 1.165) is 5.76 Å². The first-order valence-electron chi connectivity index (χ1n) is 8.85. The molecule has 0 aliphatic carbocycles. The van der Waals surface area contributed by atoms with Crippen LogP contribution in [0, 0.1) is 0 Å². The minimum atomic E-state index is 0.0576. The molecule has 0 radical (unpaired) electrons. The summed E-state index contributed by atoms with van der Waals surface area (Å²) in [6.45, 7) is 0. The van der Waals surface area contributed by atoms with E-state index in [0.29, 0.717) is 0 Å². The summed E-state index contributed by atoms with van der Waals surface area (Å²) in [5.74, 6) is 1.03. The van der Waals surface area contributed by atoms with E-state index in [1.165, 1.54) is 32.9 Å². The van der Waals surface area contributed by atoms with Gasteiger partial charge in [0.15, 0.2) is 0 Å². The molecule has 3 nitrogen and oxygen atoms in total. The quantitative estimate of drug-likeness (QED) is 0.429. The minimum absolute atomic E-state index is 0.0576. The summed E-state index contributed by atoms with van der Waals surface area (Å²) in [5, 5.41) is 2.54. The molecule has 0 fully saturated rings. The largest absolute Gasteiger partial charge is 0.468 e. The number of rotatable bonds is 3. The van der Waals surface area contributed by atoms with Crippen molar-refractivity contribution in [2.45, 2.75) is 5.92 Å². The zero-order valence-corrected chi connectivity index (χ0v) is 14.9. The summed E-state index contributed by atoms with van der Waals surface area (Å²) in [6, 6.07) is 21.2. The first-order chi connectivity index (χ1) is 12.7. The summed E-state index contributed by atoms with van der Waals surface area (Å²) in [5.41, 5.74) is 5.02. The Balaban J connectivity index is 1.84. The maximum atomic E-state index is 5.90. The standard InChI is InChI=1S/C23H20N2O/c1-24-14-18(16-8-3-5-10-20(16)24)23(22-12-7-13-26-22)19-15-25(2)21-11-6-4-9-17(19)21/h3-15,23H,1-2H3. The van der Waals surface area contributed by atoms with E-state index < -0.39 is 0 Å². The van der Waals surface area contributed by atoms with Crippen molar-refractivity contribution in [3.8, 4) is 0 Å². The molecule has 0 atom stereocenters. The van der Waals surface area contributed by atoms with E-state index in [-0.39, 0.29) is 5.92 Å². The number of para-hydroxylation sites is 2. The molecule has 26 heavy (non-hydrogen) atoms. The van der Waals surface area contributed by atoms with Gasteiger partial charge in [-0.3, -0.25) is 0 Å². The smallest absolute Gasteiger partial charge is 0.115 e. The molecule has 2 aromatic carbocycles. The third-order valence-corrected chi connectivity index (χ3v) is 5.31. The molecule has 0 N–H and O–H groups in total. The zero-order chi connectivity index (χ0) is 17.7. The number of aromatic nitrogens is 2. The van der Waals surface area contributed by atoms with Gasteiger partial charge in [0.05, 0.1) is 12.2 Å². The maximum absolute atomic E-state index is 5.90. The Bertz CT molecular complexity index is 1130. The molecule has 3 heterocycles. The van der Waals surface area contributed by atoms with Crippen LogP contribution in [0.2, 0.25) is 0 Å². The Labute approximate surface area is 152 Å². The third kappa shape index (κ3) is 2.14. The average molecular weight is 340 g/mol. The van der Waals surface area contributed by atoms with E-state index in [1.54, 1.807) is 6.26 Å². The Hall–Kier alpha value is -3.20. The van der Waals surface area contributed by atoms with Gasteiger partial charge in [0.1, 0.15) is 5.76 Å². The van der Waals surface area contributed by atoms with E-state index in [4.69, 9.17) is 4.42 Å². The highest BCUT2D eigenvalue weighted by atomic mass is 16.3. The summed E-state index contributed by atoms with van der Waals surface area (Å²) >= 11 is 0. The van der Waals surface area contributed by atoms with Crippen molar-refractivity contribution in [1.82, 2.24) is 9.13 Å². The molecule has 0 unspecified atom stereocenters. The highest BCUT2D eigenvalue weighted by Crippen LogP contribution is 2.40. The zero-order valence-electron chi connectivity index (χ0n) is 14.9. The van der Waals surface area contributed by atoms with E-state index >= 15 is 0 Å². The van der Waals surface area contributed by atoms with E-state index in [9.17, 15) is 0 Å². The second-order valence-electron chi connectivity index (χ2n) is 6.87. The monoisotopic (exact) mass is 340 g/mol. The molecular weight excluding hydrogens is 320 g/mol. The highest BCUT2D eigenvalue weighted by molar-refractivity contribution is 5.89. The van der Waals surface area contributed by atoms with Gasteiger partial charge in [0.25, 0.3) is 0 Å². The topological polar surface area (TPSA) is 23.0 Å². The molecule has 0 aliphatic heterocycles. The van der Waals surface area contributed by atoms with Crippen LogP contribution in [0.5, 0.6) is 0 Å². The number of aryl methyl sites for hydroxylation is 2. The number of fused-ring (bicyclic) bond motifs is 2. The molecule has 5 rings (SSSR count). The summed E-state index contributed by atoms with van der Waals surface area (Å²) in [4.78, 5) is 0. The molecule has 3 heteroatoms. The van der Waals surface area contributed by atoms with Gasteiger partial charge < -0.3 is 13.6 Å². The Morgan fingerprint density at radius 1 is 0.692 bits per heavy atom. The fraction of sp³-hybridized carbons (Fsp3) is 0.130. The maximum Gasteiger partial charge on any atom is 0.115 e. The average Bonchev–Trinajstić information content (AvgIpc) is 3.38. The van der Waals surface area contributed by atoms with Crippen molar-refractivity contribution in [3.05, 3.63) is 96.2 Å². The van der Waals surface area contributed by atoms with Crippen LogP contribution in [0.15, 0.2) is 83.7 Å². The minimum Gasteiger partial charge on any atom is -0.468 e. The SMILES string of the molecule is Cn1cc(C(c2ccco2)c2cn(C)c3ccccc23)c2ccccc21. The first kappa shape index (κ1) is 15.1. The van der Waals surface area contributed by atoms with Crippen molar-refractivity contribution in [2.75, 3.05) is 0 Å². The Kier molecular flexibility index (Phi) is 3.29. The van der Waals surface area contributed by atoms with Gasteiger partial charge in [0, 0.05) is 48.3 Å². The van der Waals surface area contributed by atoms with Gasteiger partial charge in [-0.1, -0.05) is 36.4 Å². The van der Waals surface area contributed by atoms with E-state index in [2.05, 4.69) is 90.2 Å². The molecule has 5 aromatic rings. The van der Waals surface area contributed by atoms with Gasteiger partial charge in [-0.25, -0.2) is 0 Å². The number of nitrogens with zero attached hydrogens (tertiary/aromatic N) is 2. The van der Waals surface area contributed by atoms with E-state index in [1.807, 2.05) is 6.07 Å². The summed E-state index contributed by atoms with van der Waals surface area (Å²) < 4.78 is 10.3. The predicted octanol–water partition coefficient (Wildman–Crippen LogP) is 5.44. The van der Waals surface area contributed by atoms with Crippen LogP contribution in [0.1, 0.15) is 22.8 Å². The second-order valence-corrected chi connectivity index (χ2v) is 6.87. The number of benzene rings is 2. The van der Waals surface area contributed by atoms with Crippen LogP contribution in [0.4, 0.5) is 0 Å². The van der Waals surface area contributed by atoms with Crippen LogP contribution in [0.25, 0.3) is 21.8 Å². The van der Waals surface area contributed by atoms with Crippen molar-refractivity contribution in [2.24, 2.45) is 14.1 Å². The Morgan fingerprint density at radius 2 is 1.23 bits per heavy atom. The molecule has 0 aliphatic rings. The molecule has 0 amide bonds. The molecule has 0 saturated carbocycles. The lowest BCUT2D eigenvalue weighted by atomic mass is 9.88. The predicted molar refractivity (Wildman–Crippen MR) is 105 cm³/mol. The summed E-state index contributed by atoms with van der Waals surface area (Å²) in [6.07, 6.45) is 6.23. The lowest BCUT2D eigenvalue weighted by molar-refractivity contribution is 0.504. The number of hydrogen-bond acceptors (Lipinski definition) is 1. The molecule has 3 aromatic heterocycles. The Morgan fingerprint density at radius 3 is 1.73 bits per heavy atom. The molecular formula is C23H20N2O. The van der Waals surface area contributed by atoms with Crippen molar-refractivity contribution in [1.29, 1.82) is 0 Å². The molecule has 0 spiro atoms. The highest BCUT2D eigenvalue weighted by Gasteiger charge is 2.26. The van der Waals surface area contributed by atoms with Crippen molar-refractivity contribution in [3.63, 3.8) is 0 Å². The van der Waals surface area contributed by atoms with Crippen molar-refractivity contribution < 1.29 is 4.42 Å². The number of hydrogen-bond donors (Lipinski definition) is 0. The lowest BCUT2D eigenvalue weighted by Crippen LogP contribution is -2.01. The number of furan rings is 1. The normalized spacial score (nSPS) is 11.8. The molecule has 0 saturated heterocycles. The molecule has 0 bridgehead atoms. The van der Waals surface area contributed by atoms with Gasteiger partial charge in [-0.15, -0.1) is 0 Å². The van der Waals surface area contributed by atoms with Crippen molar-refractivity contribution >= 4 is 21.8 Å². The van der Waals surface area contributed by atoms with Crippen LogP contribution in [0.3, 0.4) is 0 Å². The summed E-state index contributed by atoms with van der Waals surface area (Å²) in [7, 11) is 4.21. The first-order valence-corrected chi connectivity index (χ1v) is 8.85. The van der Waals surface area contributed by atoms with Gasteiger partial charge >= 0.3 is 0 Å². The lowest BCUT2D eigenvalue weighted by Gasteiger charge is -2.14. The molecule has 128 valence electrons. The fourth-order valence-corrected chi connectivity index (χ4v) is 4.14. The van der Waals surface area contributed by atoms with Gasteiger partial charge in [-0.05, 0) is 35.4 Å². The van der Waals surface area contributed by atoms with Gasteiger partial charge in [-0.2, -0.15) is 0 Å². The second kappa shape index (κ2) is 5.67. The van der Waals surface area contributed by atoms with Crippen LogP contribution >= 0.6 is 0 Å². The third-order valence-electron chi connectivity index (χ3n) is 5.31. The van der Waals surface area contributed by atoms with Crippen LogP contribution in [-0.2, 0) is 14.1 Å². The van der Waals surface area contributed by atoms with Crippen LogP contribution < -0.4 is 0 Å².